The molecule has 32 heavy (non-hydrogen) atoms. The Morgan fingerprint density at radius 3 is 2.25 bits per heavy atom. The second kappa shape index (κ2) is 8.78. The maximum atomic E-state index is 5.68. The van der Waals surface area contributed by atoms with Gasteiger partial charge in [0.05, 0.1) is 21.3 Å². The first kappa shape index (κ1) is 20.8. The maximum absolute atomic E-state index is 5.68. The molecule has 2 aromatic heterocycles. The number of rotatable bonds is 7. The Balaban J connectivity index is 1.33. The number of aromatic nitrogens is 3. The fraction of sp³-hybridized carbons (Fsp3) is 0.458. The van der Waals surface area contributed by atoms with E-state index in [1.807, 2.05) is 24.3 Å². The van der Waals surface area contributed by atoms with Crippen LogP contribution in [0.4, 0.5) is 0 Å². The van der Waals surface area contributed by atoms with Crippen molar-refractivity contribution in [2.24, 2.45) is 0 Å². The zero-order valence-corrected chi connectivity index (χ0v) is 18.7. The summed E-state index contributed by atoms with van der Waals surface area (Å²) >= 11 is 0. The average molecular weight is 437 g/mol. The summed E-state index contributed by atoms with van der Waals surface area (Å²) in [6.07, 6.45) is 7.89. The van der Waals surface area contributed by atoms with Crippen molar-refractivity contribution in [2.45, 2.75) is 50.2 Å². The molecule has 168 valence electrons. The molecule has 2 aliphatic heterocycles. The Kier molecular flexibility index (Phi) is 5.70. The predicted octanol–water partition coefficient (Wildman–Crippen LogP) is 4.07. The van der Waals surface area contributed by atoms with Crippen molar-refractivity contribution in [3.8, 4) is 28.6 Å². The number of hydrogen-bond acceptors (Lipinski definition) is 8. The lowest BCUT2D eigenvalue weighted by Crippen LogP contribution is -2.41. The summed E-state index contributed by atoms with van der Waals surface area (Å²) in [7, 11) is 5.00. The topological polar surface area (TPSA) is 82.7 Å². The van der Waals surface area contributed by atoms with Gasteiger partial charge in [-0.3, -0.25) is 9.88 Å². The number of fused-ring (bicyclic) bond motifs is 2. The molecule has 2 fully saturated rings. The van der Waals surface area contributed by atoms with E-state index in [1.54, 1.807) is 33.7 Å². The molecule has 2 bridgehead atoms. The van der Waals surface area contributed by atoms with Gasteiger partial charge in [-0.15, -0.1) is 0 Å². The lowest BCUT2D eigenvalue weighted by Gasteiger charge is -2.38. The molecule has 0 N–H and O–H groups in total. The minimum atomic E-state index is 0.291. The minimum Gasteiger partial charge on any atom is -0.496 e. The number of hydrogen-bond donors (Lipinski definition) is 0. The molecule has 1 aromatic carbocycles. The van der Waals surface area contributed by atoms with Crippen LogP contribution >= 0.6 is 0 Å². The Morgan fingerprint density at radius 1 is 0.938 bits per heavy atom. The lowest BCUT2D eigenvalue weighted by molar-refractivity contribution is 0.107. The van der Waals surface area contributed by atoms with Gasteiger partial charge in [-0.25, -0.2) is 0 Å². The molecule has 0 spiro atoms. The average Bonchev–Trinajstić information content (AvgIpc) is 3.41. The molecule has 3 aromatic rings. The maximum Gasteiger partial charge on any atom is 0.230 e. The Hall–Kier alpha value is -3.13. The van der Waals surface area contributed by atoms with Gasteiger partial charge >= 0.3 is 0 Å². The van der Waals surface area contributed by atoms with E-state index < -0.39 is 0 Å². The van der Waals surface area contributed by atoms with Crippen molar-refractivity contribution in [1.29, 1.82) is 0 Å². The van der Waals surface area contributed by atoms with E-state index in [-0.39, 0.29) is 0 Å². The van der Waals surface area contributed by atoms with Gasteiger partial charge in [-0.2, -0.15) is 4.98 Å². The van der Waals surface area contributed by atoms with E-state index in [1.165, 1.54) is 12.8 Å². The quantitative estimate of drug-likeness (QED) is 0.548. The van der Waals surface area contributed by atoms with E-state index in [2.05, 4.69) is 15.0 Å². The van der Waals surface area contributed by atoms with Crippen molar-refractivity contribution in [2.75, 3.05) is 21.3 Å². The monoisotopic (exact) mass is 436 g/mol. The van der Waals surface area contributed by atoms with Gasteiger partial charge in [0, 0.05) is 54.1 Å². The molecule has 3 atom stereocenters. The van der Waals surface area contributed by atoms with Crippen LogP contribution in [0.2, 0.25) is 0 Å². The third-order valence-electron chi connectivity index (χ3n) is 6.75. The normalized spacial score (nSPS) is 22.7. The van der Waals surface area contributed by atoms with E-state index in [9.17, 15) is 0 Å². The number of methoxy groups -OCH3 is 3. The molecule has 5 rings (SSSR count). The summed E-state index contributed by atoms with van der Waals surface area (Å²) in [5.74, 6) is 3.89. The molecule has 8 heteroatoms. The molecule has 8 nitrogen and oxygen atoms in total. The van der Waals surface area contributed by atoms with Crippen molar-refractivity contribution in [1.82, 2.24) is 20.0 Å². The van der Waals surface area contributed by atoms with Gasteiger partial charge in [-0.05, 0) is 43.9 Å². The highest BCUT2D eigenvalue weighted by Gasteiger charge is 2.43. The van der Waals surface area contributed by atoms with Crippen LogP contribution in [0.25, 0.3) is 11.4 Å². The van der Waals surface area contributed by atoms with Gasteiger partial charge in [-0.1, -0.05) is 5.16 Å². The number of ether oxygens (including phenoxy) is 3. The summed E-state index contributed by atoms with van der Waals surface area (Å²) in [4.78, 5) is 11.4. The molecule has 2 saturated heterocycles. The van der Waals surface area contributed by atoms with Crippen molar-refractivity contribution in [3.63, 3.8) is 0 Å². The zero-order valence-electron chi connectivity index (χ0n) is 18.7. The first-order valence-corrected chi connectivity index (χ1v) is 11.0. The Bertz CT molecular complexity index is 1060. The van der Waals surface area contributed by atoms with E-state index in [4.69, 9.17) is 23.7 Å². The van der Waals surface area contributed by atoms with Crippen LogP contribution < -0.4 is 14.2 Å². The van der Waals surface area contributed by atoms with Crippen LogP contribution in [0.3, 0.4) is 0 Å². The first-order chi connectivity index (χ1) is 15.7. The first-order valence-electron chi connectivity index (χ1n) is 11.0. The summed E-state index contributed by atoms with van der Waals surface area (Å²) in [6, 6.07) is 8.69. The molecule has 0 aliphatic carbocycles. The van der Waals surface area contributed by atoms with Crippen LogP contribution in [0, 0.1) is 0 Å². The van der Waals surface area contributed by atoms with E-state index >= 15 is 0 Å². The van der Waals surface area contributed by atoms with Crippen LogP contribution in [0.5, 0.6) is 17.2 Å². The zero-order chi connectivity index (χ0) is 22.1. The van der Waals surface area contributed by atoms with Crippen molar-refractivity contribution >= 4 is 0 Å². The fourth-order valence-electron chi connectivity index (χ4n) is 5.17. The summed E-state index contributed by atoms with van der Waals surface area (Å²) < 4.78 is 22.3. The van der Waals surface area contributed by atoms with E-state index in [0.29, 0.717) is 29.6 Å². The van der Waals surface area contributed by atoms with Crippen LogP contribution in [-0.4, -0.2) is 53.4 Å². The molecule has 0 amide bonds. The SMILES string of the molecule is COc1cc(OC)c(OC)cc1CN1[C@@H]2CC[C@H]1CC(c1nc(-c3ccncc3)no1)C2. The van der Waals surface area contributed by atoms with E-state index in [0.717, 1.165) is 47.9 Å². The molecule has 1 unspecified atom stereocenters. The second-order valence-corrected chi connectivity index (χ2v) is 8.44. The highest BCUT2D eigenvalue weighted by Crippen LogP contribution is 2.45. The molecule has 0 saturated carbocycles. The molecule has 0 radical (unpaired) electrons. The number of piperidine rings is 1. The van der Waals surface area contributed by atoms with Gasteiger partial charge < -0.3 is 18.7 Å². The molecule has 4 heterocycles. The Labute approximate surface area is 187 Å². The second-order valence-electron chi connectivity index (χ2n) is 8.44. The summed E-state index contributed by atoms with van der Waals surface area (Å²) in [6.45, 7) is 0.817. The third-order valence-corrected chi connectivity index (χ3v) is 6.75. The van der Waals surface area contributed by atoms with Gasteiger partial charge in [0.15, 0.2) is 11.5 Å². The summed E-state index contributed by atoms with van der Waals surface area (Å²) in [5, 5.41) is 4.21. The van der Waals surface area contributed by atoms with Crippen LogP contribution in [0.1, 0.15) is 43.1 Å². The van der Waals surface area contributed by atoms with Crippen molar-refractivity contribution < 1.29 is 18.7 Å². The third kappa shape index (κ3) is 3.79. The van der Waals surface area contributed by atoms with Crippen LogP contribution in [-0.2, 0) is 6.54 Å². The highest BCUT2D eigenvalue weighted by atomic mass is 16.5. The lowest BCUT2D eigenvalue weighted by atomic mass is 9.90. The van der Waals surface area contributed by atoms with Gasteiger partial charge in [0.25, 0.3) is 0 Å². The predicted molar refractivity (Wildman–Crippen MR) is 118 cm³/mol. The largest absolute Gasteiger partial charge is 0.496 e. The number of benzene rings is 1. The smallest absolute Gasteiger partial charge is 0.230 e. The molecular formula is C24H28N4O4. The van der Waals surface area contributed by atoms with Gasteiger partial charge in [0.1, 0.15) is 5.75 Å². The fourth-order valence-corrected chi connectivity index (χ4v) is 5.17. The number of nitrogens with zero attached hydrogens (tertiary/aromatic N) is 4. The summed E-state index contributed by atoms with van der Waals surface area (Å²) in [5.41, 5.74) is 2.04. The standard InChI is InChI=1S/C24H28N4O4/c1-29-20-13-22(31-3)21(30-2)12-17(20)14-28-18-4-5-19(28)11-16(10-18)24-26-23(27-32-24)15-6-8-25-9-7-15/h6-9,12-13,16,18-19H,4-5,10-11,14H2,1-3H3/t16?,18-,19+. The minimum absolute atomic E-state index is 0.291. The number of pyridine rings is 1. The van der Waals surface area contributed by atoms with Crippen molar-refractivity contribution in [3.05, 3.63) is 48.1 Å². The highest BCUT2D eigenvalue weighted by molar-refractivity contribution is 5.53. The Morgan fingerprint density at radius 2 is 1.59 bits per heavy atom. The molecule has 2 aliphatic rings. The van der Waals surface area contributed by atoms with Crippen LogP contribution in [0.15, 0.2) is 41.2 Å². The van der Waals surface area contributed by atoms with Gasteiger partial charge in [0.2, 0.25) is 11.7 Å². The molecular weight excluding hydrogens is 408 g/mol.